The van der Waals surface area contributed by atoms with Crippen LogP contribution in [0.25, 0.3) is 0 Å². The van der Waals surface area contributed by atoms with Gasteiger partial charge in [-0.15, -0.1) is 0 Å². The maximum atomic E-state index is 5.29. The number of aryl methyl sites for hydroxylation is 1. The lowest BCUT2D eigenvalue weighted by molar-refractivity contribution is 0.413. The molecule has 1 N–H and O–H groups in total. The van der Waals surface area contributed by atoms with E-state index in [2.05, 4.69) is 35.5 Å². The van der Waals surface area contributed by atoms with Crippen LogP contribution in [0.3, 0.4) is 0 Å². The normalized spacial score (nSPS) is 12.4. The molecule has 0 saturated heterocycles. The summed E-state index contributed by atoms with van der Waals surface area (Å²) in [5.74, 6) is 0.890. The molecule has 0 aliphatic heterocycles. The van der Waals surface area contributed by atoms with Crippen molar-refractivity contribution in [2.75, 3.05) is 13.7 Å². The van der Waals surface area contributed by atoms with Gasteiger partial charge in [0.05, 0.1) is 12.8 Å². The minimum Gasteiger partial charge on any atom is -0.497 e. The van der Waals surface area contributed by atoms with Crippen molar-refractivity contribution in [2.45, 2.75) is 19.4 Å². The predicted octanol–water partition coefficient (Wildman–Crippen LogP) is 2.32. The number of benzene rings is 1. The fraction of sp³-hybridized carbons (Fsp3) is 0.400. The highest BCUT2D eigenvalue weighted by atomic mass is 16.5. The first-order chi connectivity index (χ1) is 9.22. The molecule has 4 nitrogen and oxygen atoms in total. The van der Waals surface area contributed by atoms with Gasteiger partial charge in [0, 0.05) is 25.7 Å². The Morgan fingerprint density at radius 2 is 2.21 bits per heavy atom. The minimum absolute atomic E-state index is 0.259. The molecule has 19 heavy (non-hydrogen) atoms. The van der Waals surface area contributed by atoms with Crippen molar-refractivity contribution in [3.05, 3.63) is 47.8 Å². The van der Waals surface area contributed by atoms with E-state index < -0.39 is 0 Å². The van der Waals surface area contributed by atoms with Gasteiger partial charge in [0.15, 0.2) is 0 Å². The van der Waals surface area contributed by atoms with E-state index in [9.17, 15) is 0 Å². The number of hydrogen-bond acceptors (Lipinski definition) is 3. The Balaban J connectivity index is 2.18. The van der Waals surface area contributed by atoms with Crippen LogP contribution in [0.4, 0.5) is 0 Å². The average molecular weight is 259 g/mol. The molecule has 0 fully saturated rings. The van der Waals surface area contributed by atoms with E-state index in [4.69, 9.17) is 4.74 Å². The van der Waals surface area contributed by atoms with Crippen molar-refractivity contribution >= 4 is 0 Å². The zero-order chi connectivity index (χ0) is 13.7. The fourth-order valence-corrected chi connectivity index (χ4v) is 2.19. The third-order valence-corrected chi connectivity index (χ3v) is 3.13. The van der Waals surface area contributed by atoms with E-state index in [-0.39, 0.29) is 6.04 Å². The van der Waals surface area contributed by atoms with Crippen molar-refractivity contribution in [2.24, 2.45) is 7.05 Å². The Labute approximate surface area is 114 Å². The number of aromatic nitrogens is 2. The molecule has 0 aliphatic rings. The maximum absolute atomic E-state index is 5.29. The second-order valence-corrected chi connectivity index (χ2v) is 4.57. The summed E-state index contributed by atoms with van der Waals surface area (Å²) in [5, 5.41) is 7.95. The summed E-state index contributed by atoms with van der Waals surface area (Å²) < 4.78 is 7.13. The highest BCUT2D eigenvalue weighted by molar-refractivity contribution is 5.31. The van der Waals surface area contributed by atoms with Gasteiger partial charge >= 0.3 is 0 Å². The summed E-state index contributed by atoms with van der Waals surface area (Å²) in [6, 6.07) is 10.5. The van der Waals surface area contributed by atoms with Crippen molar-refractivity contribution in [1.29, 1.82) is 0 Å². The molecule has 0 aliphatic carbocycles. The highest BCUT2D eigenvalue weighted by Crippen LogP contribution is 2.21. The molecule has 0 saturated carbocycles. The third kappa shape index (κ3) is 3.58. The summed E-state index contributed by atoms with van der Waals surface area (Å²) in [7, 11) is 3.64. The highest BCUT2D eigenvalue weighted by Gasteiger charge is 2.13. The molecule has 4 heteroatoms. The summed E-state index contributed by atoms with van der Waals surface area (Å²) in [4.78, 5) is 0. The van der Waals surface area contributed by atoms with E-state index in [0.29, 0.717) is 0 Å². The summed E-state index contributed by atoms with van der Waals surface area (Å²) in [6.45, 7) is 3.04. The number of likely N-dealkylation sites (N-methyl/N-ethyl adjacent to an activating group) is 1. The summed E-state index contributed by atoms with van der Waals surface area (Å²) in [6.07, 6.45) is 2.85. The predicted molar refractivity (Wildman–Crippen MR) is 76.3 cm³/mol. The maximum Gasteiger partial charge on any atom is 0.119 e. The van der Waals surface area contributed by atoms with Crippen LogP contribution in [-0.2, 0) is 13.5 Å². The largest absolute Gasteiger partial charge is 0.497 e. The van der Waals surface area contributed by atoms with Crippen molar-refractivity contribution in [3.8, 4) is 5.75 Å². The van der Waals surface area contributed by atoms with Gasteiger partial charge < -0.3 is 10.1 Å². The van der Waals surface area contributed by atoms with Gasteiger partial charge in [-0.3, -0.25) is 4.68 Å². The Hall–Kier alpha value is -1.81. The van der Waals surface area contributed by atoms with Crippen LogP contribution in [0.1, 0.15) is 24.2 Å². The quantitative estimate of drug-likeness (QED) is 0.865. The minimum atomic E-state index is 0.259. The molecule has 0 spiro atoms. The molecule has 1 aromatic heterocycles. The van der Waals surface area contributed by atoms with Crippen molar-refractivity contribution < 1.29 is 4.74 Å². The lowest BCUT2D eigenvalue weighted by Gasteiger charge is -2.18. The fourth-order valence-electron chi connectivity index (χ4n) is 2.19. The molecule has 102 valence electrons. The number of nitrogens with one attached hydrogen (secondary N) is 1. The molecule has 1 heterocycles. The number of methoxy groups -OCH3 is 1. The summed E-state index contributed by atoms with van der Waals surface area (Å²) >= 11 is 0. The van der Waals surface area contributed by atoms with Gasteiger partial charge in [0.2, 0.25) is 0 Å². The molecular weight excluding hydrogens is 238 g/mol. The van der Waals surface area contributed by atoms with E-state index in [1.165, 1.54) is 5.56 Å². The lowest BCUT2D eigenvalue weighted by atomic mass is 10.0. The van der Waals surface area contributed by atoms with Gasteiger partial charge in [0.25, 0.3) is 0 Å². The van der Waals surface area contributed by atoms with E-state index in [1.807, 2.05) is 30.1 Å². The standard InChI is InChI=1S/C15H21N3O/c1-4-16-15(11-13-8-9-18(2)17-13)12-6-5-7-14(10-12)19-3/h5-10,15-16H,4,11H2,1-3H3. The van der Waals surface area contributed by atoms with Gasteiger partial charge in [-0.05, 0) is 30.3 Å². The van der Waals surface area contributed by atoms with Crippen LogP contribution < -0.4 is 10.1 Å². The van der Waals surface area contributed by atoms with Crippen LogP contribution in [0, 0.1) is 0 Å². The van der Waals surface area contributed by atoms with Crippen LogP contribution in [0.15, 0.2) is 36.5 Å². The lowest BCUT2D eigenvalue weighted by Crippen LogP contribution is -2.23. The Kier molecular flexibility index (Phi) is 4.58. The Morgan fingerprint density at radius 1 is 1.37 bits per heavy atom. The van der Waals surface area contributed by atoms with E-state index in [0.717, 1.165) is 24.4 Å². The SMILES string of the molecule is CCNC(Cc1ccn(C)n1)c1cccc(OC)c1. The topological polar surface area (TPSA) is 39.1 Å². The third-order valence-electron chi connectivity index (χ3n) is 3.13. The first-order valence-corrected chi connectivity index (χ1v) is 6.58. The first kappa shape index (κ1) is 13.6. The van der Waals surface area contributed by atoms with Gasteiger partial charge in [-0.25, -0.2) is 0 Å². The molecule has 1 aromatic carbocycles. The molecule has 2 aromatic rings. The van der Waals surface area contributed by atoms with Crippen LogP contribution in [-0.4, -0.2) is 23.4 Å². The van der Waals surface area contributed by atoms with Gasteiger partial charge in [-0.1, -0.05) is 19.1 Å². The number of hydrogen-bond donors (Lipinski definition) is 1. The molecule has 1 atom stereocenters. The molecule has 1 unspecified atom stereocenters. The zero-order valence-electron chi connectivity index (χ0n) is 11.8. The van der Waals surface area contributed by atoms with Crippen LogP contribution in [0.5, 0.6) is 5.75 Å². The average Bonchev–Trinajstić information content (AvgIpc) is 2.84. The van der Waals surface area contributed by atoms with Crippen molar-refractivity contribution in [3.63, 3.8) is 0 Å². The molecular formula is C15H21N3O. The molecule has 0 bridgehead atoms. The molecule has 2 rings (SSSR count). The molecule has 0 amide bonds. The summed E-state index contributed by atoms with van der Waals surface area (Å²) in [5.41, 5.74) is 2.32. The second-order valence-electron chi connectivity index (χ2n) is 4.57. The molecule has 0 radical (unpaired) electrons. The Bertz CT molecular complexity index is 522. The van der Waals surface area contributed by atoms with E-state index in [1.54, 1.807) is 7.11 Å². The monoisotopic (exact) mass is 259 g/mol. The Morgan fingerprint density at radius 3 is 2.84 bits per heavy atom. The first-order valence-electron chi connectivity index (χ1n) is 6.58. The van der Waals surface area contributed by atoms with E-state index >= 15 is 0 Å². The van der Waals surface area contributed by atoms with Crippen LogP contribution in [0.2, 0.25) is 0 Å². The zero-order valence-corrected chi connectivity index (χ0v) is 11.8. The number of rotatable bonds is 6. The van der Waals surface area contributed by atoms with Crippen LogP contribution >= 0.6 is 0 Å². The van der Waals surface area contributed by atoms with Gasteiger partial charge in [0.1, 0.15) is 5.75 Å². The number of ether oxygens (including phenoxy) is 1. The number of nitrogens with zero attached hydrogens (tertiary/aromatic N) is 2. The van der Waals surface area contributed by atoms with Gasteiger partial charge in [-0.2, -0.15) is 5.10 Å². The second kappa shape index (κ2) is 6.38. The van der Waals surface area contributed by atoms with Crippen molar-refractivity contribution in [1.82, 2.24) is 15.1 Å². The smallest absolute Gasteiger partial charge is 0.119 e.